The lowest BCUT2D eigenvalue weighted by molar-refractivity contribution is 0.0981. The number of amides is 1. The zero-order chi connectivity index (χ0) is 22.9. The van der Waals surface area contributed by atoms with Crippen molar-refractivity contribution in [2.24, 2.45) is 5.41 Å². The van der Waals surface area contributed by atoms with Crippen molar-refractivity contribution in [2.45, 2.75) is 24.7 Å². The van der Waals surface area contributed by atoms with E-state index in [1.165, 1.54) is 41.1 Å². The summed E-state index contributed by atoms with van der Waals surface area (Å²) in [6.45, 7) is 2.74. The van der Waals surface area contributed by atoms with Crippen molar-refractivity contribution in [3.05, 3.63) is 64.9 Å². The van der Waals surface area contributed by atoms with Crippen LogP contribution in [0.3, 0.4) is 0 Å². The number of aromatic nitrogens is 3. The van der Waals surface area contributed by atoms with Crippen molar-refractivity contribution < 1.29 is 17.9 Å². The van der Waals surface area contributed by atoms with Gasteiger partial charge in [-0.05, 0) is 49.2 Å². The van der Waals surface area contributed by atoms with Crippen molar-refractivity contribution in [3.63, 3.8) is 0 Å². The number of rotatable bonds is 7. The Kier molecular flexibility index (Phi) is 5.62. The Labute approximate surface area is 189 Å². The van der Waals surface area contributed by atoms with E-state index in [1.807, 2.05) is 10.8 Å². The van der Waals surface area contributed by atoms with E-state index in [0.717, 1.165) is 12.8 Å². The Morgan fingerprint density at radius 1 is 1.25 bits per heavy atom. The second-order valence-corrected chi connectivity index (χ2v) is 9.82. The Morgan fingerprint density at radius 3 is 2.59 bits per heavy atom. The van der Waals surface area contributed by atoms with Crippen LogP contribution in [0.4, 0.5) is 0 Å². The number of nitrogens with zero attached hydrogens (tertiary/aromatic N) is 4. The van der Waals surface area contributed by atoms with E-state index in [4.69, 9.17) is 21.6 Å². The molecular weight excluding hydrogens is 454 g/mol. The molecule has 1 aromatic carbocycles. The van der Waals surface area contributed by atoms with Gasteiger partial charge < -0.3 is 4.74 Å². The predicted octanol–water partition coefficient (Wildman–Crippen LogP) is 3.09. The van der Waals surface area contributed by atoms with Crippen molar-refractivity contribution in [2.75, 3.05) is 6.61 Å². The molecule has 1 saturated carbocycles. The normalized spacial score (nSPS) is 14.4. The second-order valence-electron chi connectivity index (χ2n) is 7.78. The van der Waals surface area contributed by atoms with E-state index in [0.29, 0.717) is 23.9 Å². The zero-order valence-electron chi connectivity index (χ0n) is 16.9. The van der Waals surface area contributed by atoms with Gasteiger partial charge in [0.05, 0.1) is 28.7 Å². The molecule has 1 fully saturated rings. The minimum Gasteiger partial charge on any atom is -0.476 e. The maximum atomic E-state index is 12.5. The minimum absolute atomic E-state index is 0.113. The molecule has 4 rings (SSSR count). The highest BCUT2D eigenvalue weighted by Gasteiger charge is 2.38. The standard InChI is InChI=1S/C21H18ClN5O4S/c1-21(9-10-21)13-31-18-8-11-27(25-18)17-7-6-16(19(22)24-17)20(28)26-32(29,30)15-4-2-14(12-23)3-5-15/h2-8,11H,9-10,13H2,1H3,(H,26,28). The van der Waals surface area contributed by atoms with Gasteiger partial charge in [0.1, 0.15) is 5.15 Å². The van der Waals surface area contributed by atoms with Crippen LogP contribution in [0.2, 0.25) is 5.15 Å². The molecule has 1 amide bonds. The Hall–Kier alpha value is -3.42. The van der Waals surface area contributed by atoms with E-state index in [-0.39, 0.29) is 21.0 Å². The molecule has 0 spiro atoms. The summed E-state index contributed by atoms with van der Waals surface area (Å²) in [6, 6.07) is 11.6. The van der Waals surface area contributed by atoms with E-state index in [2.05, 4.69) is 17.0 Å². The molecule has 0 aliphatic heterocycles. The lowest BCUT2D eigenvalue weighted by Crippen LogP contribution is -2.31. The molecule has 1 aliphatic carbocycles. The van der Waals surface area contributed by atoms with Crippen LogP contribution >= 0.6 is 11.6 Å². The fraction of sp³-hybridized carbons (Fsp3) is 0.238. The van der Waals surface area contributed by atoms with Crippen molar-refractivity contribution in [3.8, 4) is 17.8 Å². The first-order valence-corrected chi connectivity index (χ1v) is 11.5. The number of carbonyl (C=O) groups excluding carboxylic acids is 1. The third-order valence-corrected chi connectivity index (χ3v) is 6.71. The number of nitriles is 1. The molecule has 0 bridgehead atoms. The number of halogens is 1. The van der Waals surface area contributed by atoms with Gasteiger partial charge in [0, 0.05) is 17.7 Å². The monoisotopic (exact) mass is 471 g/mol. The highest BCUT2D eigenvalue weighted by Crippen LogP contribution is 2.44. The largest absolute Gasteiger partial charge is 0.476 e. The number of benzene rings is 1. The van der Waals surface area contributed by atoms with Crippen LogP contribution in [0.25, 0.3) is 5.82 Å². The topological polar surface area (TPSA) is 127 Å². The lowest BCUT2D eigenvalue weighted by atomic mass is 10.2. The van der Waals surface area contributed by atoms with Crippen LogP contribution in [0.15, 0.2) is 53.6 Å². The summed E-state index contributed by atoms with van der Waals surface area (Å²) in [7, 11) is -4.15. The molecule has 1 N–H and O–H groups in total. The fourth-order valence-electron chi connectivity index (χ4n) is 2.78. The maximum Gasteiger partial charge on any atom is 0.268 e. The Balaban J connectivity index is 1.47. The second kappa shape index (κ2) is 8.26. The van der Waals surface area contributed by atoms with Gasteiger partial charge in [-0.2, -0.15) is 5.26 Å². The quantitative estimate of drug-likeness (QED) is 0.524. The third-order valence-electron chi connectivity index (χ3n) is 5.07. The number of hydrogen-bond acceptors (Lipinski definition) is 7. The van der Waals surface area contributed by atoms with Crippen molar-refractivity contribution in [1.29, 1.82) is 5.26 Å². The molecule has 0 saturated heterocycles. The molecule has 3 aromatic rings. The maximum absolute atomic E-state index is 12.5. The van der Waals surface area contributed by atoms with Crippen molar-refractivity contribution >= 4 is 27.5 Å². The molecule has 0 atom stereocenters. The summed E-state index contributed by atoms with van der Waals surface area (Å²) < 4.78 is 34.0. The third kappa shape index (κ3) is 4.74. The van der Waals surface area contributed by atoms with Crippen LogP contribution in [0, 0.1) is 16.7 Å². The highest BCUT2D eigenvalue weighted by atomic mass is 35.5. The summed E-state index contributed by atoms with van der Waals surface area (Å²) >= 11 is 6.15. The molecule has 32 heavy (non-hydrogen) atoms. The SMILES string of the molecule is CC1(COc2ccn(-c3ccc(C(=O)NS(=O)(=O)c4ccc(C#N)cc4)c(Cl)n3)n2)CC1. The first-order chi connectivity index (χ1) is 15.2. The van der Waals surface area contributed by atoms with Gasteiger partial charge in [-0.3, -0.25) is 4.79 Å². The first kappa shape index (κ1) is 21.8. The van der Waals surface area contributed by atoms with Crippen LogP contribution in [0.5, 0.6) is 5.88 Å². The Morgan fingerprint density at radius 2 is 1.97 bits per heavy atom. The number of pyridine rings is 1. The molecule has 0 unspecified atom stereocenters. The zero-order valence-corrected chi connectivity index (χ0v) is 18.5. The Bertz CT molecular complexity index is 1320. The van der Waals surface area contributed by atoms with Gasteiger partial charge in [-0.25, -0.2) is 22.8 Å². The summed E-state index contributed by atoms with van der Waals surface area (Å²) in [5.74, 6) is -0.138. The minimum atomic E-state index is -4.15. The smallest absolute Gasteiger partial charge is 0.268 e. The summed E-state index contributed by atoms with van der Waals surface area (Å²) in [5.41, 5.74) is 0.406. The van der Waals surface area contributed by atoms with Crippen LogP contribution < -0.4 is 9.46 Å². The number of carbonyl (C=O) groups is 1. The van der Waals surface area contributed by atoms with Crippen LogP contribution in [0.1, 0.15) is 35.7 Å². The molecule has 11 heteroatoms. The van der Waals surface area contributed by atoms with Crippen molar-refractivity contribution in [1.82, 2.24) is 19.5 Å². The molecule has 9 nitrogen and oxygen atoms in total. The number of ether oxygens (including phenoxy) is 1. The molecule has 2 aromatic heterocycles. The number of hydrogen-bond donors (Lipinski definition) is 1. The highest BCUT2D eigenvalue weighted by molar-refractivity contribution is 7.90. The van der Waals surface area contributed by atoms with Gasteiger partial charge in [0.2, 0.25) is 5.88 Å². The lowest BCUT2D eigenvalue weighted by Gasteiger charge is -2.09. The van der Waals surface area contributed by atoms with Crippen LogP contribution in [-0.2, 0) is 10.0 Å². The predicted molar refractivity (Wildman–Crippen MR) is 115 cm³/mol. The van der Waals surface area contributed by atoms with E-state index < -0.39 is 15.9 Å². The summed E-state index contributed by atoms with van der Waals surface area (Å²) in [4.78, 5) is 16.5. The van der Waals surface area contributed by atoms with Gasteiger partial charge in [-0.1, -0.05) is 18.5 Å². The van der Waals surface area contributed by atoms with E-state index in [1.54, 1.807) is 12.3 Å². The van der Waals surface area contributed by atoms with Gasteiger partial charge in [-0.15, -0.1) is 5.10 Å². The molecule has 164 valence electrons. The fourth-order valence-corrected chi connectivity index (χ4v) is 3.99. The molecule has 2 heterocycles. The number of sulfonamides is 1. The van der Waals surface area contributed by atoms with E-state index >= 15 is 0 Å². The summed E-state index contributed by atoms with van der Waals surface area (Å²) in [6.07, 6.45) is 3.92. The molecular formula is C21H18ClN5O4S. The number of nitrogens with one attached hydrogen (secondary N) is 1. The average molecular weight is 472 g/mol. The summed E-state index contributed by atoms with van der Waals surface area (Å²) in [5, 5.41) is 12.9. The average Bonchev–Trinajstić information content (AvgIpc) is 3.32. The van der Waals surface area contributed by atoms with Gasteiger partial charge in [0.15, 0.2) is 5.82 Å². The van der Waals surface area contributed by atoms with Gasteiger partial charge >= 0.3 is 0 Å². The van der Waals surface area contributed by atoms with Crippen LogP contribution in [-0.4, -0.2) is 35.7 Å². The van der Waals surface area contributed by atoms with E-state index in [9.17, 15) is 13.2 Å². The molecule has 0 radical (unpaired) electrons. The molecule has 1 aliphatic rings. The first-order valence-electron chi connectivity index (χ1n) is 9.62. The van der Waals surface area contributed by atoms with Gasteiger partial charge in [0.25, 0.3) is 15.9 Å².